The third kappa shape index (κ3) is 2.31. The molecule has 0 atom stereocenters. The molecule has 0 amide bonds. The maximum absolute atomic E-state index is 6.06. The molecule has 0 aliphatic heterocycles. The van der Waals surface area contributed by atoms with Crippen LogP contribution in [-0.2, 0) is 6.54 Å². The molecule has 0 saturated heterocycles. The van der Waals surface area contributed by atoms with Gasteiger partial charge in [0.1, 0.15) is 0 Å². The van der Waals surface area contributed by atoms with Crippen LogP contribution in [0.5, 0.6) is 5.75 Å². The molecule has 1 heterocycles. The van der Waals surface area contributed by atoms with Gasteiger partial charge in [-0.05, 0) is 17.7 Å². The Hall–Kier alpha value is -1.19. The van der Waals surface area contributed by atoms with Crippen LogP contribution in [0.3, 0.4) is 0 Å². The van der Waals surface area contributed by atoms with E-state index >= 15 is 0 Å². The second-order valence-electron chi connectivity index (χ2n) is 3.29. The average molecular weight is 257 g/mol. The first-order valence-corrected chi connectivity index (χ1v) is 5.46. The van der Waals surface area contributed by atoms with E-state index in [1.54, 1.807) is 18.0 Å². The van der Waals surface area contributed by atoms with Gasteiger partial charge >= 0.3 is 0 Å². The fourth-order valence-corrected chi connectivity index (χ4v) is 1.72. The molecule has 0 N–H and O–H groups in total. The number of nitrogens with zero attached hydrogens (tertiary/aromatic N) is 2. The van der Waals surface area contributed by atoms with E-state index < -0.39 is 0 Å². The van der Waals surface area contributed by atoms with Crippen LogP contribution in [0.4, 0.5) is 0 Å². The molecule has 0 unspecified atom stereocenters. The molecule has 0 radical (unpaired) electrons. The van der Waals surface area contributed by atoms with E-state index in [0.29, 0.717) is 22.5 Å². The molecule has 16 heavy (non-hydrogen) atoms. The molecule has 0 saturated carbocycles. The van der Waals surface area contributed by atoms with Gasteiger partial charge in [-0.15, -0.1) is 0 Å². The summed E-state index contributed by atoms with van der Waals surface area (Å²) in [5.74, 6) is 0.579. The Labute approximate surface area is 104 Å². The van der Waals surface area contributed by atoms with E-state index in [0.717, 1.165) is 5.56 Å². The van der Waals surface area contributed by atoms with Gasteiger partial charge in [0.2, 0.25) is 0 Å². The number of rotatable bonds is 3. The molecular formula is C11H10Cl2N2O. The Balaban J connectivity index is 2.20. The Morgan fingerprint density at radius 2 is 1.94 bits per heavy atom. The highest BCUT2D eigenvalue weighted by Gasteiger charge is 2.08. The van der Waals surface area contributed by atoms with Crippen LogP contribution in [-0.4, -0.2) is 16.9 Å². The predicted octanol–water partition coefficient (Wildman–Crippen LogP) is 3.25. The fraction of sp³-hybridized carbons (Fsp3) is 0.182. The van der Waals surface area contributed by atoms with Gasteiger partial charge in [0.05, 0.1) is 19.9 Å². The van der Waals surface area contributed by atoms with Crippen molar-refractivity contribution in [1.29, 1.82) is 0 Å². The first kappa shape index (κ1) is 11.3. The minimum Gasteiger partial charge on any atom is -0.492 e. The van der Waals surface area contributed by atoms with Crippen LogP contribution in [0.15, 0.2) is 30.5 Å². The molecule has 0 aliphatic rings. The summed E-state index contributed by atoms with van der Waals surface area (Å²) in [6.45, 7) is 0.597. The predicted molar refractivity (Wildman–Crippen MR) is 64.3 cm³/mol. The number of hydrogen-bond donors (Lipinski definition) is 0. The average Bonchev–Trinajstić information content (AvgIpc) is 2.63. The van der Waals surface area contributed by atoms with Crippen LogP contribution >= 0.6 is 23.2 Å². The Morgan fingerprint density at radius 1 is 1.25 bits per heavy atom. The lowest BCUT2D eigenvalue weighted by Crippen LogP contribution is -2.01. The first-order valence-electron chi connectivity index (χ1n) is 4.70. The van der Waals surface area contributed by atoms with E-state index in [9.17, 15) is 0 Å². The summed E-state index contributed by atoms with van der Waals surface area (Å²) >= 11 is 11.9. The van der Waals surface area contributed by atoms with Crippen molar-refractivity contribution in [1.82, 2.24) is 9.78 Å². The maximum atomic E-state index is 6.06. The molecule has 0 fully saturated rings. The third-order valence-electron chi connectivity index (χ3n) is 2.21. The van der Waals surface area contributed by atoms with Crippen molar-refractivity contribution in [3.05, 3.63) is 46.2 Å². The molecule has 0 spiro atoms. The van der Waals surface area contributed by atoms with Crippen molar-refractivity contribution in [2.24, 2.45) is 0 Å². The summed E-state index contributed by atoms with van der Waals surface area (Å²) in [4.78, 5) is 0. The summed E-state index contributed by atoms with van der Waals surface area (Å²) < 4.78 is 6.72. The second kappa shape index (κ2) is 4.76. The number of ether oxygens (including phenoxy) is 1. The Bertz CT molecular complexity index is 479. The van der Waals surface area contributed by atoms with Crippen LogP contribution in [0, 0.1) is 0 Å². The molecule has 2 rings (SSSR count). The molecule has 5 heteroatoms. The molecule has 0 bridgehead atoms. The van der Waals surface area contributed by atoms with E-state index in [-0.39, 0.29) is 0 Å². The number of benzene rings is 1. The van der Waals surface area contributed by atoms with Crippen molar-refractivity contribution in [3.8, 4) is 5.75 Å². The highest BCUT2D eigenvalue weighted by molar-refractivity contribution is 6.31. The largest absolute Gasteiger partial charge is 0.492 e. The number of halogens is 2. The third-order valence-corrected chi connectivity index (χ3v) is 2.84. The van der Waals surface area contributed by atoms with E-state index in [1.165, 1.54) is 0 Å². The van der Waals surface area contributed by atoms with Gasteiger partial charge in [-0.1, -0.05) is 35.3 Å². The maximum Gasteiger partial charge on any atom is 0.175 e. The van der Waals surface area contributed by atoms with Gasteiger partial charge < -0.3 is 4.74 Å². The minimum absolute atomic E-state index is 0.498. The standard InChI is InChI=1S/C11H10Cl2N2O/c1-16-10-6-14-15(11(10)13)7-8-2-4-9(12)5-3-8/h2-6H,7H2,1H3. The zero-order valence-electron chi connectivity index (χ0n) is 8.65. The van der Waals surface area contributed by atoms with E-state index in [1.807, 2.05) is 24.3 Å². The van der Waals surface area contributed by atoms with Gasteiger partial charge in [0.25, 0.3) is 0 Å². The summed E-state index contributed by atoms with van der Waals surface area (Å²) in [6, 6.07) is 7.55. The molecular weight excluding hydrogens is 247 g/mol. The summed E-state index contributed by atoms with van der Waals surface area (Å²) in [5.41, 5.74) is 1.08. The monoisotopic (exact) mass is 256 g/mol. The van der Waals surface area contributed by atoms with E-state index in [2.05, 4.69) is 5.10 Å². The zero-order valence-corrected chi connectivity index (χ0v) is 10.2. The number of aromatic nitrogens is 2. The number of hydrogen-bond acceptors (Lipinski definition) is 2. The highest BCUT2D eigenvalue weighted by Crippen LogP contribution is 2.23. The lowest BCUT2D eigenvalue weighted by Gasteiger charge is -2.03. The van der Waals surface area contributed by atoms with Gasteiger partial charge in [0, 0.05) is 5.02 Å². The van der Waals surface area contributed by atoms with Gasteiger partial charge in [-0.25, -0.2) is 4.68 Å². The Kier molecular flexibility index (Phi) is 3.36. The van der Waals surface area contributed by atoms with Crippen molar-refractivity contribution in [2.75, 3.05) is 7.11 Å². The second-order valence-corrected chi connectivity index (χ2v) is 4.08. The number of methoxy groups -OCH3 is 1. The highest BCUT2D eigenvalue weighted by atomic mass is 35.5. The van der Waals surface area contributed by atoms with Gasteiger partial charge in [0.15, 0.2) is 10.9 Å². The van der Waals surface area contributed by atoms with E-state index in [4.69, 9.17) is 27.9 Å². The SMILES string of the molecule is COc1cnn(Cc2ccc(Cl)cc2)c1Cl. The van der Waals surface area contributed by atoms with Crippen LogP contribution in [0.25, 0.3) is 0 Å². The molecule has 84 valence electrons. The van der Waals surface area contributed by atoms with Crippen LogP contribution < -0.4 is 4.74 Å². The quantitative estimate of drug-likeness (QED) is 0.843. The molecule has 3 nitrogen and oxygen atoms in total. The molecule has 1 aromatic heterocycles. The lowest BCUT2D eigenvalue weighted by molar-refractivity contribution is 0.414. The van der Waals surface area contributed by atoms with Gasteiger partial charge in [-0.3, -0.25) is 0 Å². The molecule has 0 aliphatic carbocycles. The summed E-state index contributed by atoms with van der Waals surface area (Å²) in [5, 5.41) is 5.34. The van der Waals surface area contributed by atoms with Crippen molar-refractivity contribution in [3.63, 3.8) is 0 Å². The summed E-state index contributed by atoms with van der Waals surface area (Å²) in [7, 11) is 1.57. The fourth-order valence-electron chi connectivity index (χ4n) is 1.36. The van der Waals surface area contributed by atoms with Gasteiger partial charge in [-0.2, -0.15) is 5.10 Å². The van der Waals surface area contributed by atoms with Crippen LogP contribution in [0.2, 0.25) is 10.2 Å². The lowest BCUT2D eigenvalue weighted by atomic mass is 10.2. The Morgan fingerprint density at radius 3 is 2.50 bits per heavy atom. The summed E-state index contributed by atoms with van der Waals surface area (Å²) in [6.07, 6.45) is 1.60. The molecule has 2 aromatic rings. The van der Waals surface area contributed by atoms with Crippen molar-refractivity contribution < 1.29 is 4.74 Å². The first-order chi connectivity index (χ1) is 7.70. The van der Waals surface area contributed by atoms with Crippen LogP contribution in [0.1, 0.15) is 5.56 Å². The normalized spacial score (nSPS) is 10.4. The molecule has 1 aromatic carbocycles. The van der Waals surface area contributed by atoms with Crippen molar-refractivity contribution in [2.45, 2.75) is 6.54 Å². The topological polar surface area (TPSA) is 27.1 Å². The zero-order chi connectivity index (χ0) is 11.5. The minimum atomic E-state index is 0.498. The smallest absolute Gasteiger partial charge is 0.175 e. The van der Waals surface area contributed by atoms with Crippen molar-refractivity contribution >= 4 is 23.2 Å².